The molecule has 1 unspecified atom stereocenters. The summed E-state index contributed by atoms with van der Waals surface area (Å²) < 4.78 is 0. The van der Waals surface area contributed by atoms with Crippen LogP contribution in [0.1, 0.15) is 11.1 Å². The Bertz CT molecular complexity index is 496. The normalized spacial score (nSPS) is 12.3. The second-order valence-corrected chi connectivity index (χ2v) is 5.90. The molecule has 0 spiro atoms. The predicted octanol–water partition coefficient (Wildman–Crippen LogP) is 3.92. The van der Waals surface area contributed by atoms with E-state index >= 15 is 0 Å². The van der Waals surface area contributed by atoms with Gasteiger partial charge in [0.05, 0.1) is 0 Å². The van der Waals surface area contributed by atoms with E-state index in [9.17, 15) is 0 Å². The summed E-state index contributed by atoms with van der Waals surface area (Å²) in [6.07, 6.45) is 1.08. The number of hydrogen-bond donors (Lipinski definition) is 1. The number of rotatable bonds is 6. The summed E-state index contributed by atoms with van der Waals surface area (Å²) in [5.41, 5.74) is 2.72. The van der Waals surface area contributed by atoms with Crippen molar-refractivity contribution < 1.29 is 0 Å². The maximum atomic E-state index is 3.41. The van der Waals surface area contributed by atoms with Crippen LogP contribution in [0.5, 0.6) is 0 Å². The van der Waals surface area contributed by atoms with E-state index in [0.717, 1.165) is 12.2 Å². The Morgan fingerprint density at radius 2 is 1.84 bits per heavy atom. The molecule has 2 aromatic rings. The SMILES string of the molecule is CNC(CSc1cccc(C)c1)Cc1ccccc1. The molecule has 0 saturated carbocycles. The summed E-state index contributed by atoms with van der Waals surface area (Å²) in [4.78, 5) is 1.35. The fraction of sp³-hybridized carbons (Fsp3) is 0.294. The lowest BCUT2D eigenvalue weighted by Crippen LogP contribution is -2.30. The Morgan fingerprint density at radius 1 is 1.05 bits per heavy atom. The first-order valence-electron chi connectivity index (χ1n) is 6.68. The summed E-state index contributed by atoms with van der Waals surface area (Å²) in [5.74, 6) is 1.09. The minimum absolute atomic E-state index is 0.507. The van der Waals surface area contributed by atoms with Gasteiger partial charge in [-0.25, -0.2) is 0 Å². The van der Waals surface area contributed by atoms with Gasteiger partial charge in [-0.1, -0.05) is 48.0 Å². The highest BCUT2D eigenvalue weighted by atomic mass is 32.2. The molecule has 0 radical (unpaired) electrons. The van der Waals surface area contributed by atoms with Gasteiger partial charge < -0.3 is 5.32 Å². The monoisotopic (exact) mass is 271 g/mol. The molecular weight excluding hydrogens is 250 g/mol. The molecule has 100 valence electrons. The lowest BCUT2D eigenvalue weighted by Gasteiger charge is -2.16. The molecule has 0 saturated heterocycles. The van der Waals surface area contributed by atoms with Crippen LogP contribution in [0.25, 0.3) is 0 Å². The van der Waals surface area contributed by atoms with Gasteiger partial charge in [-0.2, -0.15) is 0 Å². The Morgan fingerprint density at radius 3 is 2.53 bits per heavy atom. The first-order chi connectivity index (χ1) is 9.28. The first-order valence-corrected chi connectivity index (χ1v) is 7.67. The molecule has 0 fully saturated rings. The van der Waals surface area contributed by atoms with Gasteiger partial charge in [0.1, 0.15) is 0 Å². The molecule has 0 aliphatic carbocycles. The lowest BCUT2D eigenvalue weighted by molar-refractivity contribution is 0.617. The van der Waals surface area contributed by atoms with Crippen LogP contribution < -0.4 is 5.32 Å². The molecular formula is C17H21NS. The zero-order valence-corrected chi connectivity index (χ0v) is 12.4. The fourth-order valence-electron chi connectivity index (χ4n) is 2.04. The summed E-state index contributed by atoms with van der Waals surface area (Å²) >= 11 is 1.92. The van der Waals surface area contributed by atoms with E-state index in [1.165, 1.54) is 16.0 Å². The lowest BCUT2D eigenvalue weighted by atomic mass is 10.1. The van der Waals surface area contributed by atoms with E-state index < -0.39 is 0 Å². The third-order valence-corrected chi connectivity index (χ3v) is 4.33. The van der Waals surface area contributed by atoms with E-state index in [0.29, 0.717) is 6.04 Å². The Hall–Kier alpha value is -1.25. The van der Waals surface area contributed by atoms with Gasteiger partial charge in [-0.05, 0) is 38.1 Å². The highest BCUT2D eigenvalue weighted by Gasteiger charge is 2.07. The van der Waals surface area contributed by atoms with Crippen molar-refractivity contribution in [2.75, 3.05) is 12.8 Å². The standard InChI is InChI=1S/C17H21NS/c1-14-7-6-10-17(11-14)19-13-16(18-2)12-15-8-4-3-5-9-15/h3-11,16,18H,12-13H2,1-2H3. The molecule has 2 heteroatoms. The van der Waals surface area contributed by atoms with Crippen LogP contribution in [-0.2, 0) is 6.42 Å². The molecule has 1 nitrogen and oxygen atoms in total. The first kappa shape index (κ1) is 14.2. The molecule has 2 aromatic carbocycles. The molecule has 19 heavy (non-hydrogen) atoms. The van der Waals surface area contributed by atoms with Crippen molar-refractivity contribution >= 4 is 11.8 Å². The summed E-state index contributed by atoms with van der Waals surface area (Å²) in [6.45, 7) is 2.14. The van der Waals surface area contributed by atoms with Crippen LogP contribution in [0.2, 0.25) is 0 Å². The maximum absolute atomic E-state index is 3.41. The van der Waals surface area contributed by atoms with Crippen molar-refractivity contribution in [1.82, 2.24) is 5.32 Å². The number of hydrogen-bond acceptors (Lipinski definition) is 2. The number of thioether (sulfide) groups is 1. The summed E-state index contributed by atoms with van der Waals surface area (Å²) in [5, 5.41) is 3.41. The zero-order valence-electron chi connectivity index (χ0n) is 11.6. The quantitative estimate of drug-likeness (QED) is 0.799. The van der Waals surface area contributed by atoms with Crippen LogP contribution in [-0.4, -0.2) is 18.8 Å². The predicted molar refractivity (Wildman–Crippen MR) is 84.9 cm³/mol. The molecule has 0 aromatic heterocycles. The number of nitrogens with one attached hydrogen (secondary N) is 1. The highest BCUT2D eigenvalue weighted by molar-refractivity contribution is 7.99. The molecule has 1 N–H and O–H groups in total. The Balaban J connectivity index is 1.89. The minimum Gasteiger partial charge on any atom is -0.316 e. The van der Waals surface area contributed by atoms with Crippen molar-refractivity contribution in [3.8, 4) is 0 Å². The topological polar surface area (TPSA) is 12.0 Å². The number of benzene rings is 2. The van der Waals surface area contributed by atoms with Crippen LogP contribution in [0.15, 0.2) is 59.5 Å². The second kappa shape index (κ2) is 7.37. The van der Waals surface area contributed by atoms with Crippen LogP contribution in [0.4, 0.5) is 0 Å². The van der Waals surface area contributed by atoms with E-state index in [1.54, 1.807) is 0 Å². The summed E-state index contributed by atoms with van der Waals surface area (Å²) in [6, 6.07) is 19.9. The van der Waals surface area contributed by atoms with Crippen LogP contribution in [0, 0.1) is 6.92 Å². The Labute approximate surface area is 120 Å². The molecule has 0 amide bonds. The van der Waals surface area contributed by atoms with E-state index in [1.807, 2.05) is 18.8 Å². The average molecular weight is 271 g/mol. The van der Waals surface area contributed by atoms with Crippen LogP contribution in [0.3, 0.4) is 0 Å². The highest BCUT2D eigenvalue weighted by Crippen LogP contribution is 2.20. The third-order valence-electron chi connectivity index (χ3n) is 3.17. The van der Waals surface area contributed by atoms with Crippen molar-refractivity contribution in [3.63, 3.8) is 0 Å². The molecule has 2 rings (SSSR count). The second-order valence-electron chi connectivity index (χ2n) is 4.80. The minimum atomic E-state index is 0.507. The molecule has 0 aliphatic heterocycles. The van der Waals surface area contributed by atoms with Crippen molar-refractivity contribution in [3.05, 3.63) is 65.7 Å². The average Bonchev–Trinajstić information content (AvgIpc) is 2.44. The molecule has 0 heterocycles. The van der Waals surface area contributed by atoms with Crippen LogP contribution >= 0.6 is 11.8 Å². The molecule has 1 atom stereocenters. The van der Waals surface area contributed by atoms with E-state index in [4.69, 9.17) is 0 Å². The number of likely N-dealkylation sites (N-methyl/N-ethyl adjacent to an activating group) is 1. The van der Waals surface area contributed by atoms with Crippen molar-refractivity contribution in [1.29, 1.82) is 0 Å². The van der Waals surface area contributed by atoms with Gasteiger partial charge in [0, 0.05) is 16.7 Å². The van der Waals surface area contributed by atoms with Gasteiger partial charge in [0.25, 0.3) is 0 Å². The maximum Gasteiger partial charge on any atom is 0.0199 e. The third kappa shape index (κ3) is 4.73. The Kier molecular flexibility index (Phi) is 5.49. The van der Waals surface area contributed by atoms with Gasteiger partial charge >= 0.3 is 0 Å². The molecule has 0 bridgehead atoms. The zero-order chi connectivity index (χ0) is 13.5. The fourth-order valence-corrected chi connectivity index (χ4v) is 3.17. The van der Waals surface area contributed by atoms with E-state index in [2.05, 4.69) is 66.8 Å². The largest absolute Gasteiger partial charge is 0.316 e. The van der Waals surface area contributed by atoms with Gasteiger partial charge in [0.2, 0.25) is 0 Å². The summed E-state index contributed by atoms with van der Waals surface area (Å²) in [7, 11) is 2.05. The van der Waals surface area contributed by atoms with Gasteiger partial charge in [-0.3, -0.25) is 0 Å². The van der Waals surface area contributed by atoms with Crippen molar-refractivity contribution in [2.45, 2.75) is 24.3 Å². The van der Waals surface area contributed by atoms with Gasteiger partial charge in [-0.15, -0.1) is 11.8 Å². The van der Waals surface area contributed by atoms with Crippen molar-refractivity contribution in [2.24, 2.45) is 0 Å². The van der Waals surface area contributed by atoms with E-state index in [-0.39, 0.29) is 0 Å². The smallest absolute Gasteiger partial charge is 0.0199 e. The number of aryl methyl sites for hydroxylation is 1. The molecule has 0 aliphatic rings. The van der Waals surface area contributed by atoms with Gasteiger partial charge in [0.15, 0.2) is 0 Å².